The monoisotopic (exact) mass is 239 g/mol. The van der Waals surface area contributed by atoms with Crippen molar-refractivity contribution in [1.82, 2.24) is 15.1 Å². The van der Waals surface area contributed by atoms with Gasteiger partial charge in [0.2, 0.25) is 0 Å². The summed E-state index contributed by atoms with van der Waals surface area (Å²) >= 11 is 0. The van der Waals surface area contributed by atoms with Gasteiger partial charge >= 0.3 is 0 Å². The Morgan fingerprint density at radius 3 is 2.53 bits per heavy atom. The zero-order valence-electron chi connectivity index (χ0n) is 11.9. The fourth-order valence-electron chi connectivity index (χ4n) is 3.51. The van der Waals surface area contributed by atoms with E-state index in [9.17, 15) is 0 Å². The maximum absolute atomic E-state index is 3.70. The van der Waals surface area contributed by atoms with Crippen LogP contribution in [0.5, 0.6) is 0 Å². The van der Waals surface area contributed by atoms with Gasteiger partial charge in [0, 0.05) is 31.7 Å². The zero-order chi connectivity index (χ0) is 12.4. The molecule has 2 aliphatic rings. The first-order valence-electron chi connectivity index (χ1n) is 7.20. The van der Waals surface area contributed by atoms with E-state index in [1.807, 2.05) is 0 Å². The average molecular weight is 239 g/mol. The third-order valence-corrected chi connectivity index (χ3v) is 4.70. The van der Waals surface area contributed by atoms with E-state index < -0.39 is 0 Å². The Bertz CT molecular complexity index is 242. The molecule has 2 saturated heterocycles. The van der Waals surface area contributed by atoms with Gasteiger partial charge < -0.3 is 10.2 Å². The quantitative estimate of drug-likeness (QED) is 0.800. The molecule has 100 valence electrons. The molecule has 2 rings (SSSR count). The summed E-state index contributed by atoms with van der Waals surface area (Å²) in [5.74, 6) is 1.65. The molecule has 0 aromatic heterocycles. The highest BCUT2D eigenvalue weighted by atomic mass is 15.2. The summed E-state index contributed by atoms with van der Waals surface area (Å²) in [6, 6.07) is 1.46. The molecule has 4 atom stereocenters. The van der Waals surface area contributed by atoms with Crippen LogP contribution >= 0.6 is 0 Å². The van der Waals surface area contributed by atoms with Gasteiger partial charge in [0.25, 0.3) is 0 Å². The van der Waals surface area contributed by atoms with Crippen molar-refractivity contribution in [2.75, 3.05) is 40.3 Å². The standard InChI is InChI=1S/C14H29N3/c1-11-6-5-7-15-13(11)9-17-8-12(2)14(10-17)16(3)4/h11-15H,5-10H2,1-4H3. The third-order valence-electron chi connectivity index (χ3n) is 4.70. The molecule has 0 amide bonds. The second-order valence-corrected chi connectivity index (χ2v) is 6.41. The lowest BCUT2D eigenvalue weighted by Crippen LogP contribution is -2.47. The molecule has 0 saturated carbocycles. The van der Waals surface area contributed by atoms with Gasteiger partial charge in [0.05, 0.1) is 0 Å². The molecular weight excluding hydrogens is 210 g/mol. The Morgan fingerprint density at radius 2 is 1.94 bits per heavy atom. The van der Waals surface area contributed by atoms with E-state index in [4.69, 9.17) is 0 Å². The minimum atomic E-state index is 0.719. The van der Waals surface area contributed by atoms with Crippen LogP contribution in [0.25, 0.3) is 0 Å². The molecule has 0 aliphatic carbocycles. The second-order valence-electron chi connectivity index (χ2n) is 6.41. The summed E-state index contributed by atoms with van der Waals surface area (Å²) in [5.41, 5.74) is 0. The van der Waals surface area contributed by atoms with Crippen molar-refractivity contribution >= 4 is 0 Å². The number of nitrogens with one attached hydrogen (secondary N) is 1. The average Bonchev–Trinajstić information content (AvgIpc) is 2.63. The van der Waals surface area contributed by atoms with E-state index in [1.165, 1.54) is 39.0 Å². The minimum absolute atomic E-state index is 0.719. The number of hydrogen-bond donors (Lipinski definition) is 1. The van der Waals surface area contributed by atoms with Crippen LogP contribution in [-0.2, 0) is 0 Å². The van der Waals surface area contributed by atoms with Crippen LogP contribution in [0.4, 0.5) is 0 Å². The third kappa shape index (κ3) is 3.21. The molecule has 17 heavy (non-hydrogen) atoms. The van der Waals surface area contributed by atoms with E-state index >= 15 is 0 Å². The predicted octanol–water partition coefficient (Wildman–Crippen LogP) is 1.26. The Morgan fingerprint density at radius 1 is 1.18 bits per heavy atom. The molecule has 0 bridgehead atoms. The smallest absolute Gasteiger partial charge is 0.0254 e. The summed E-state index contributed by atoms with van der Waals surface area (Å²) in [4.78, 5) is 5.05. The number of nitrogens with zero attached hydrogens (tertiary/aromatic N) is 2. The Hall–Kier alpha value is -0.120. The summed E-state index contributed by atoms with van der Waals surface area (Å²) in [6.45, 7) is 9.78. The van der Waals surface area contributed by atoms with Gasteiger partial charge in [-0.3, -0.25) is 4.90 Å². The summed E-state index contributed by atoms with van der Waals surface area (Å²) < 4.78 is 0. The van der Waals surface area contributed by atoms with Crippen LogP contribution in [-0.4, -0.2) is 62.2 Å². The number of hydrogen-bond acceptors (Lipinski definition) is 3. The number of likely N-dealkylation sites (N-methyl/N-ethyl adjacent to an activating group) is 1. The molecule has 0 spiro atoms. The highest BCUT2D eigenvalue weighted by molar-refractivity contribution is 4.90. The van der Waals surface area contributed by atoms with Crippen molar-refractivity contribution in [3.8, 4) is 0 Å². The van der Waals surface area contributed by atoms with Crippen molar-refractivity contribution in [1.29, 1.82) is 0 Å². The van der Waals surface area contributed by atoms with Crippen LogP contribution in [0.3, 0.4) is 0 Å². The normalized spacial score (nSPS) is 40.1. The first-order chi connectivity index (χ1) is 8.08. The van der Waals surface area contributed by atoms with E-state index in [-0.39, 0.29) is 0 Å². The van der Waals surface area contributed by atoms with E-state index in [0.717, 1.165) is 23.9 Å². The van der Waals surface area contributed by atoms with Gasteiger partial charge in [-0.25, -0.2) is 0 Å². The zero-order valence-corrected chi connectivity index (χ0v) is 11.9. The molecule has 3 nitrogen and oxygen atoms in total. The van der Waals surface area contributed by atoms with Gasteiger partial charge in [0.15, 0.2) is 0 Å². The first-order valence-corrected chi connectivity index (χ1v) is 7.20. The van der Waals surface area contributed by atoms with Gasteiger partial charge in [-0.1, -0.05) is 13.8 Å². The van der Waals surface area contributed by atoms with Crippen molar-refractivity contribution in [3.05, 3.63) is 0 Å². The Labute approximate surface area is 107 Å². The second kappa shape index (κ2) is 5.68. The molecule has 4 unspecified atom stereocenters. The van der Waals surface area contributed by atoms with Crippen molar-refractivity contribution < 1.29 is 0 Å². The maximum Gasteiger partial charge on any atom is 0.0254 e. The number of likely N-dealkylation sites (tertiary alicyclic amines) is 1. The molecule has 2 aliphatic heterocycles. The minimum Gasteiger partial charge on any atom is -0.312 e. The summed E-state index contributed by atoms with van der Waals surface area (Å²) in [5, 5.41) is 3.70. The van der Waals surface area contributed by atoms with Gasteiger partial charge in [-0.2, -0.15) is 0 Å². The predicted molar refractivity (Wildman–Crippen MR) is 73.3 cm³/mol. The van der Waals surface area contributed by atoms with E-state index in [1.54, 1.807) is 0 Å². The van der Waals surface area contributed by atoms with Crippen LogP contribution in [0, 0.1) is 11.8 Å². The fraction of sp³-hybridized carbons (Fsp3) is 1.00. The Balaban J connectivity index is 1.84. The highest BCUT2D eigenvalue weighted by Crippen LogP contribution is 2.23. The van der Waals surface area contributed by atoms with Gasteiger partial charge in [0.1, 0.15) is 0 Å². The number of rotatable bonds is 3. The van der Waals surface area contributed by atoms with E-state index in [2.05, 4.69) is 43.1 Å². The molecule has 0 radical (unpaired) electrons. The molecule has 0 aromatic rings. The molecule has 0 aromatic carbocycles. The van der Waals surface area contributed by atoms with Crippen molar-refractivity contribution in [3.63, 3.8) is 0 Å². The maximum atomic E-state index is 3.70. The van der Waals surface area contributed by atoms with Gasteiger partial charge in [-0.05, 0) is 45.3 Å². The summed E-state index contributed by atoms with van der Waals surface area (Å²) in [6.07, 6.45) is 2.76. The largest absolute Gasteiger partial charge is 0.312 e. The van der Waals surface area contributed by atoms with Crippen LogP contribution in [0.15, 0.2) is 0 Å². The first kappa shape index (κ1) is 13.3. The lowest BCUT2D eigenvalue weighted by atomic mass is 9.92. The van der Waals surface area contributed by atoms with Crippen molar-refractivity contribution in [2.45, 2.75) is 38.8 Å². The van der Waals surface area contributed by atoms with Crippen LogP contribution < -0.4 is 5.32 Å². The molecule has 2 heterocycles. The molecule has 2 fully saturated rings. The SMILES string of the molecule is CC1CCCNC1CN1CC(C)C(N(C)C)C1. The molecule has 3 heteroatoms. The highest BCUT2D eigenvalue weighted by Gasteiger charge is 2.33. The summed E-state index contributed by atoms with van der Waals surface area (Å²) in [7, 11) is 4.43. The van der Waals surface area contributed by atoms with Crippen molar-refractivity contribution in [2.24, 2.45) is 11.8 Å². The lowest BCUT2D eigenvalue weighted by molar-refractivity contribution is 0.203. The fourth-order valence-corrected chi connectivity index (χ4v) is 3.51. The lowest BCUT2D eigenvalue weighted by Gasteiger charge is -2.33. The topological polar surface area (TPSA) is 18.5 Å². The van der Waals surface area contributed by atoms with Crippen LogP contribution in [0.2, 0.25) is 0 Å². The van der Waals surface area contributed by atoms with Crippen LogP contribution in [0.1, 0.15) is 26.7 Å². The number of piperidine rings is 1. The Kier molecular flexibility index (Phi) is 4.45. The molecule has 1 N–H and O–H groups in total. The van der Waals surface area contributed by atoms with E-state index in [0.29, 0.717) is 0 Å². The van der Waals surface area contributed by atoms with Gasteiger partial charge in [-0.15, -0.1) is 0 Å². The molecular formula is C14H29N3.